The molecule has 0 aromatic carbocycles. The van der Waals surface area contributed by atoms with Gasteiger partial charge in [0.25, 0.3) is 0 Å². The van der Waals surface area contributed by atoms with E-state index in [-0.39, 0.29) is 25.2 Å². The van der Waals surface area contributed by atoms with Gasteiger partial charge < -0.3 is 14.6 Å². The van der Waals surface area contributed by atoms with Crippen LogP contribution in [0.5, 0.6) is 0 Å². The van der Waals surface area contributed by atoms with Crippen molar-refractivity contribution in [1.82, 2.24) is 0 Å². The molecule has 1 N–H and O–H groups in total. The summed E-state index contributed by atoms with van der Waals surface area (Å²) in [5, 5.41) is 9.62. The lowest BCUT2D eigenvalue weighted by Crippen LogP contribution is -2.28. The lowest BCUT2D eigenvalue weighted by atomic mass is 10.0. The van der Waals surface area contributed by atoms with Gasteiger partial charge in [0.05, 0.1) is 6.61 Å². The van der Waals surface area contributed by atoms with E-state index in [9.17, 15) is 14.7 Å². The summed E-state index contributed by atoms with van der Waals surface area (Å²) in [5.74, 6) is -0.621. The molecule has 0 aliphatic carbocycles. The van der Waals surface area contributed by atoms with E-state index >= 15 is 0 Å². The minimum atomic E-state index is -0.791. The van der Waals surface area contributed by atoms with Gasteiger partial charge in [0, 0.05) is 12.8 Å². The number of hydrogen-bond donors (Lipinski definition) is 1. The number of aliphatic hydroxyl groups excluding tert-OH is 1. The molecule has 1 unspecified atom stereocenters. The molecule has 0 radical (unpaired) electrons. The average molecular weight is 835 g/mol. The zero-order chi connectivity index (χ0) is 43.5. The molecule has 0 amide bonds. The fourth-order valence-corrected chi connectivity index (χ4v) is 6.91. The first-order valence-corrected chi connectivity index (χ1v) is 25.1. The summed E-state index contributed by atoms with van der Waals surface area (Å²) < 4.78 is 10.7. The molecule has 5 heteroatoms. The molecule has 0 rings (SSSR count). The smallest absolute Gasteiger partial charge is 0.306 e. The number of ether oxygens (including phenoxy) is 2. The maximum absolute atomic E-state index is 12.3. The van der Waals surface area contributed by atoms with Gasteiger partial charge in [0.15, 0.2) is 6.10 Å². The van der Waals surface area contributed by atoms with Gasteiger partial charge in [-0.1, -0.05) is 214 Å². The summed E-state index contributed by atoms with van der Waals surface area (Å²) in [6, 6.07) is 0. The van der Waals surface area contributed by atoms with Crippen LogP contribution in [-0.2, 0) is 19.1 Å². The predicted octanol–water partition coefficient (Wildman–Crippen LogP) is 16.6. The minimum Gasteiger partial charge on any atom is -0.462 e. The zero-order valence-electron chi connectivity index (χ0n) is 39.2. The van der Waals surface area contributed by atoms with E-state index in [0.717, 1.165) is 89.9 Å². The van der Waals surface area contributed by atoms with Gasteiger partial charge in [-0.25, -0.2) is 0 Å². The Balaban J connectivity index is 3.58. The number of carbonyl (C=O) groups excluding carboxylic acids is 2. The van der Waals surface area contributed by atoms with Gasteiger partial charge in [-0.2, -0.15) is 0 Å². The number of esters is 2. The summed E-state index contributed by atoms with van der Waals surface area (Å²) in [7, 11) is 0. The number of hydrogen-bond acceptors (Lipinski definition) is 5. The largest absolute Gasteiger partial charge is 0.462 e. The Labute approximate surface area is 371 Å². The lowest BCUT2D eigenvalue weighted by molar-refractivity contribution is -0.161. The van der Waals surface area contributed by atoms with Crippen LogP contribution in [0, 0.1) is 0 Å². The van der Waals surface area contributed by atoms with E-state index in [1.165, 1.54) is 116 Å². The third-order valence-electron chi connectivity index (χ3n) is 10.7. The van der Waals surface area contributed by atoms with Crippen LogP contribution in [0.25, 0.3) is 0 Å². The second-order valence-corrected chi connectivity index (χ2v) is 16.5. The molecule has 0 aromatic rings. The quantitative estimate of drug-likeness (QED) is 0.0376. The van der Waals surface area contributed by atoms with Crippen LogP contribution in [0.15, 0.2) is 85.1 Å². The third kappa shape index (κ3) is 47.8. The van der Waals surface area contributed by atoms with Crippen LogP contribution >= 0.6 is 0 Å². The van der Waals surface area contributed by atoms with Crippen molar-refractivity contribution in [2.24, 2.45) is 0 Å². The minimum absolute atomic E-state index is 0.0803. The van der Waals surface area contributed by atoms with Crippen molar-refractivity contribution in [3.05, 3.63) is 85.1 Å². The van der Waals surface area contributed by atoms with Gasteiger partial charge >= 0.3 is 11.9 Å². The Kier molecular flexibility index (Phi) is 48.0. The van der Waals surface area contributed by atoms with Crippen LogP contribution in [0.4, 0.5) is 0 Å². The van der Waals surface area contributed by atoms with Gasteiger partial charge in [-0.05, 0) is 89.9 Å². The Bertz CT molecular complexity index is 1130. The van der Waals surface area contributed by atoms with Crippen LogP contribution < -0.4 is 0 Å². The molecule has 0 aliphatic rings. The molecule has 1 atom stereocenters. The van der Waals surface area contributed by atoms with Gasteiger partial charge in [0.2, 0.25) is 0 Å². The van der Waals surface area contributed by atoms with E-state index in [1.54, 1.807) is 0 Å². The van der Waals surface area contributed by atoms with Crippen LogP contribution in [-0.4, -0.2) is 36.4 Å². The molecule has 0 saturated heterocycles. The van der Waals surface area contributed by atoms with E-state index < -0.39 is 6.10 Å². The van der Waals surface area contributed by atoms with Crippen molar-refractivity contribution < 1.29 is 24.2 Å². The monoisotopic (exact) mass is 835 g/mol. The molecule has 0 heterocycles. The fourth-order valence-electron chi connectivity index (χ4n) is 6.91. The topological polar surface area (TPSA) is 72.8 Å². The van der Waals surface area contributed by atoms with Gasteiger partial charge in [-0.15, -0.1) is 0 Å². The van der Waals surface area contributed by atoms with E-state index in [4.69, 9.17) is 9.47 Å². The molecular weight excluding hydrogens is 741 g/mol. The van der Waals surface area contributed by atoms with Crippen LogP contribution in [0.1, 0.15) is 232 Å². The third-order valence-corrected chi connectivity index (χ3v) is 10.7. The normalized spacial score (nSPS) is 12.9. The Morgan fingerprint density at radius 3 is 1.10 bits per heavy atom. The molecule has 5 nitrogen and oxygen atoms in total. The molecule has 0 spiro atoms. The summed E-state index contributed by atoms with van der Waals surface area (Å²) >= 11 is 0. The molecule has 0 aromatic heterocycles. The Hall–Kier alpha value is -2.92. The number of rotatable bonds is 45. The van der Waals surface area contributed by atoms with Crippen molar-refractivity contribution in [3.8, 4) is 0 Å². The van der Waals surface area contributed by atoms with Crippen molar-refractivity contribution >= 4 is 11.9 Å². The molecule has 0 bridgehead atoms. The van der Waals surface area contributed by atoms with Gasteiger partial charge in [0.1, 0.15) is 6.61 Å². The Morgan fingerprint density at radius 2 is 0.717 bits per heavy atom. The highest BCUT2D eigenvalue weighted by Gasteiger charge is 2.16. The molecular formula is C55H94O5. The number of aliphatic hydroxyl groups is 1. The van der Waals surface area contributed by atoms with E-state index in [2.05, 4.69) is 98.9 Å². The highest BCUT2D eigenvalue weighted by molar-refractivity contribution is 5.70. The number of unbranched alkanes of at least 4 members (excludes halogenated alkanes) is 23. The van der Waals surface area contributed by atoms with Crippen molar-refractivity contribution in [1.29, 1.82) is 0 Å². The fraction of sp³-hybridized carbons (Fsp3) is 0.709. The summed E-state index contributed by atoms with van der Waals surface area (Å²) in [5.41, 5.74) is 0. The average Bonchev–Trinajstić information content (AvgIpc) is 3.25. The standard InChI is InChI=1S/C55H94O5/c1-3-5-7-9-11-13-15-17-19-21-23-25-27-29-31-33-35-37-39-41-43-45-47-49-54(57)59-52-53(51-56)60-55(58)50-48-46-44-42-40-38-36-34-32-30-28-26-24-22-20-18-16-14-12-10-8-6-4-2/h6,8,12,14,18,20-21,23-24,26,30,32,36,38,53,56H,3-5,7,9-11,13,15-17,19,22,25,27-29,31,33-35,37,39-52H2,1-2H3/b8-6-,14-12-,20-18-,23-21-,26-24-,32-30-,38-36-. The maximum Gasteiger partial charge on any atom is 0.306 e. The van der Waals surface area contributed by atoms with Gasteiger partial charge in [-0.3, -0.25) is 9.59 Å². The maximum atomic E-state index is 12.3. The summed E-state index contributed by atoms with van der Waals surface area (Å²) in [4.78, 5) is 24.4. The number of carbonyl (C=O) groups is 2. The molecule has 0 fully saturated rings. The zero-order valence-corrected chi connectivity index (χ0v) is 39.2. The predicted molar refractivity (Wildman–Crippen MR) is 260 cm³/mol. The van der Waals surface area contributed by atoms with E-state index in [0.29, 0.717) is 12.8 Å². The van der Waals surface area contributed by atoms with Crippen molar-refractivity contribution in [2.45, 2.75) is 238 Å². The SMILES string of the molecule is CC/C=C\C/C=C\C/C=C\C/C=C\C/C=C\C/C=C\CCCCCCC(=O)OC(CO)COC(=O)CCCCCCCCCCCCC/C=C\CCCCCCCCCC. The van der Waals surface area contributed by atoms with Crippen molar-refractivity contribution in [2.75, 3.05) is 13.2 Å². The summed E-state index contributed by atoms with van der Waals surface area (Å²) in [6.07, 6.45) is 69.6. The molecule has 344 valence electrons. The first-order valence-electron chi connectivity index (χ1n) is 25.1. The first-order chi connectivity index (χ1) is 29.6. The second-order valence-electron chi connectivity index (χ2n) is 16.5. The molecule has 60 heavy (non-hydrogen) atoms. The van der Waals surface area contributed by atoms with Crippen LogP contribution in [0.2, 0.25) is 0 Å². The van der Waals surface area contributed by atoms with Crippen molar-refractivity contribution in [3.63, 3.8) is 0 Å². The molecule has 0 aliphatic heterocycles. The highest BCUT2D eigenvalue weighted by Crippen LogP contribution is 2.14. The van der Waals surface area contributed by atoms with E-state index in [1.807, 2.05) is 0 Å². The highest BCUT2D eigenvalue weighted by atomic mass is 16.6. The second kappa shape index (κ2) is 50.4. The Morgan fingerprint density at radius 1 is 0.400 bits per heavy atom. The molecule has 0 saturated carbocycles. The van der Waals surface area contributed by atoms with Crippen LogP contribution in [0.3, 0.4) is 0 Å². The first kappa shape index (κ1) is 57.1. The number of allylic oxidation sites excluding steroid dienone is 14. The summed E-state index contributed by atoms with van der Waals surface area (Å²) in [6.45, 7) is 4.01. The lowest BCUT2D eigenvalue weighted by Gasteiger charge is -2.15.